The van der Waals surface area contributed by atoms with Gasteiger partial charge in [0.2, 0.25) is 0 Å². The molecule has 2 heterocycles. The lowest BCUT2D eigenvalue weighted by molar-refractivity contribution is 0.322. The number of benzene rings is 1. The van der Waals surface area contributed by atoms with Gasteiger partial charge >= 0.3 is 0 Å². The number of nitrogen functional groups attached to an aromatic ring is 1. The van der Waals surface area contributed by atoms with Crippen molar-refractivity contribution in [2.45, 2.75) is 13.0 Å². The number of nitrogens with two attached hydrogens (primary N) is 1. The number of anilines is 2. The minimum Gasteiger partial charge on any atom is -0.491 e. The van der Waals surface area contributed by atoms with Gasteiger partial charge in [-0.05, 0) is 24.6 Å². The number of nitrogens with zero attached hydrogens (tertiary/aromatic N) is 2. The summed E-state index contributed by atoms with van der Waals surface area (Å²) < 4.78 is 7.40. The normalized spacial score (nSPS) is 14.2. The third kappa shape index (κ3) is 3.02. The molecule has 0 radical (unpaired) electrons. The van der Waals surface area contributed by atoms with E-state index >= 15 is 0 Å². The van der Waals surface area contributed by atoms with Gasteiger partial charge in [-0.1, -0.05) is 12.1 Å². The second-order valence-electron chi connectivity index (χ2n) is 5.15. The molecule has 0 atom stereocenters. The third-order valence-corrected chi connectivity index (χ3v) is 3.65. The molecule has 110 valence electrons. The lowest BCUT2D eigenvalue weighted by atomic mass is 10.2. The van der Waals surface area contributed by atoms with E-state index in [9.17, 15) is 4.79 Å². The van der Waals surface area contributed by atoms with Crippen LogP contribution in [-0.4, -0.2) is 24.3 Å². The van der Waals surface area contributed by atoms with Crippen LogP contribution in [0.2, 0.25) is 0 Å². The number of aromatic nitrogens is 1. The van der Waals surface area contributed by atoms with Crippen molar-refractivity contribution in [2.24, 2.45) is 0 Å². The van der Waals surface area contributed by atoms with Crippen LogP contribution in [0.3, 0.4) is 0 Å². The molecule has 21 heavy (non-hydrogen) atoms. The molecule has 5 nitrogen and oxygen atoms in total. The molecular weight excluding hydrogens is 266 g/mol. The summed E-state index contributed by atoms with van der Waals surface area (Å²) in [5.74, 6) is 0.912. The molecule has 2 N–H and O–H groups in total. The summed E-state index contributed by atoms with van der Waals surface area (Å²) in [7, 11) is 0. The SMILES string of the molecule is Nc1ccc(=O)n(CCN2CCCOc3ccccc32)c1. The molecule has 2 aromatic rings. The molecule has 0 unspecified atom stereocenters. The molecule has 0 fully saturated rings. The van der Waals surface area contributed by atoms with Gasteiger partial charge < -0.3 is 19.9 Å². The number of hydrogen-bond acceptors (Lipinski definition) is 4. The molecular formula is C16H19N3O2. The quantitative estimate of drug-likeness (QED) is 0.933. The lowest BCUT2D eigenvalue weighted by Gasteiger charge is -2.24. The van der Waals surface area contributed by atoms with Gasteiger partial charge in [0, 0.05) is 37.6 Å². The van der Waals surface area contributed by atoms with Gasteiger partial charge in [-0.25, -0.2) is 0 Å². The summed E-state index contributed by atoms with van der Waals surface area (Å²) in [4.78, 5) is 14.1. The lowest BCUT2D eigenvalue weighted by Crippen LogP contribution is -2.31. The molecule has 3 rings (SSSR count). The zero-order chi connectivity index (χ0) is 14.7. The largest absolute Gasteiger partial charge is 0.491 e. The number of pyridine rings is 1. The fourth-order valence-corrected chi connectivity index (χ4v) is 2.58. The predicted octanol–water partition coefficient (Wildman–Crippen LogP) is 1.72. The Labute approximate surface area is 123 Å². The molecule has 5 heteroatoms. The van der Waals surface area contributed by atoms with Gasteiger partial charge in [0.1, 0.15) is 5.75 Å². The average Bonchev–Trinajstić information content (AvgIpc) is 2.70. The Hall–Kier alpha value is -2.43. The Morgan fingerprint density at radius 3 is 2.90 bits per heavy atom. The van der Waals surface area contributed by atoms with E-state index in [2.05, 4.69) is 11.0 Å². The summed E-state index contributed by atoms with van der Waals surface area (Å²) >= 11 is 0. The van der Waals surface area contributed by atoms with Gasteiger partial charge in [0.15, 0.2) is 0 Å². The van der Waals surface area contributed by atoms with Gasteiger partial charge in [-0.3, -0.25) is 4.79 Å². The van der Waals surface area contributed by atoms with Crippen molar-refractivity contribution < 1.29 is 4.74 Å². The van der Waals surface area contributed by atoms with Crippen LogP contribution in [0.4, 0.5) is 11.4 Å². The van der Waals surface area contributed by atoms with Crippen molar-refractivity contribution in [3.05, 3.63) is 52.9 Å². The molecule has 0 spiro atoms. The van der Waals surface area contributed by atoms with Crippen molar-refractivity contribution in [1.82, 2.24) is 4.57 Å². The fraction of sp³-hybridized carbons (Fsp3) is 0.312. The van der Waals surface area contributed by atoms with E-state index < -0.39 is 0 Å². The van der Waals surface area contributed by atoms with Crippen molar-refractivity contribution >= 4 is 11.4 Å². The molecule has 0 amide bonds. The molecule has 1 aliphatic rings. The molecule has 1 aromatic heterocycles. The first-order valence-electron chi connectivity index (χ1n) is 7.17. The third-order valence-electron chi connectivity index (χ3n) is 3.65. The van der Waals surface area contributed by atoms with E-state index in [0.29, 0.717) is 12.2 Å². The Morgan fingerprint density at radius 1 is 1.14 bits per heavy atom. The van der Waals surface area contributed by atoms with E-state index in [-0.39, 0.29) is 5.56 Å². The molecule has 1 aromatic carbocycles. The van der Waals surface area contributed by atoms with Crippen LogP contribution in [0, 0.1) is 0 Å². The van der Waals surface area contributed by atoms with Crippen LogP contribution in [0.25, 0.3) is 0 Å². The molecule has 0 bridgehead atoms. The van der Waals surface area contributed by atoms with Crippen LogP contribution < -0.4 is 20.9 Å². The highest BCUT2D eigenvalue weighted by atomic mass is 16.5. The van der Waals surface area contributed by atoms with E-state index in [4.69, 9.17) is 10.5 Å². The maximum absolute atomic E-state index is 11.8. The van der Waals surface area contributed by atoms with Crippen molar-refractivity contribution in [3.8, 4) is 5.75 Å². The highest BCUT2D eigenvalue weighted by molar-refractivity contribution is 5.58. The predicted molar refractivity (Wildman–Crippen MR) is 83.9 cm³/mol. The topological polar surface area (TPSA) is 60.5 Å². The summed E-state index contributed by atoms with van der Waals surface area (Å²) in [6.45, 7) is 3.02. The zero-order valence-corrected chi connectivity index (χ0v) is 11.9. The number of hydrogen-bond donors (Lipinski definition) is 1. The first-order chi connectivity index (χ1) is 10.2. The Kier molecular flexibility index (Phi) is 3.81. The Bertz CT molecular complexity index is 681. The maximum Gasteiger partial charge on any atom is 0.250 e. The van der Waals surface area contributed by atoms with Crippen LogP contribution in [-0.2, 0) is 6.54 Å². The second-order valence-corrected chi connectivity index (χ2v) is 5.15. The Morgan fingerprint density at radius 2 is 2.00 bits per heavy atom. The smallest absolute Gasteiger partial charge is 0.250 e. The number of fused-ring (bicyclic) bond motifs is 1. The number of rotatable bonds is 3. The summed E-state index contributed by atoms with van der Waals surface area (Å²) in [5.41, 5.74) is 7.42. The average molecular weight is 285 g/mol. The van der Waals surface area contributed by atoms with Crippen LogP contribution >= 0.6 is 0 Å². The van der Waals surface area contributed by atoms with Crippen LogP contribution in [0.15, 0.2) is 47.4 Å². The van der Waals surface area contributed by atoms with E-state index in [1.54, 1.807) is 16.8 Å². The molecule has 0 saturated carbocycles. The van der Waals surface area contributed by atoms with E-state index in [0.717, 1.165) is 37.6 Å². The molecule has 1 aliphatic heterocycles. The van der Waals surface area contributed by atoms with Crippen molar-refractivity contribution in [3.63, 3.8) is 0 Å². The van der Waals surface area contributed by atoms with Gasteiger partial charge in [-0.15, -0.1) is 0 Å². The van der Waals surface area contributed by atoms with Gasteiger partial charge in [-0.2, -0.15) is 0 Å². The summed E-state index contributed by atoms with van der Waals surface area (Å²) in [6.07, 6.45) is 2.67. The summed E-state index contributed by atoms with van der Waals surface area (Å²) in [6, 6.07) is 11.2. The molecule has 0 aliphatic carbocycles. The van der Waals surface area contributed by atoms with E-state index in [1.165, 1.54) is 6.07 Å². The van der Waals surface area contributed by atoms with Crippen LogP contribution in [0.5, 0.6) is 5.75 Å². The first kappa shape index (κ1) is 13.5. The first-order valence-corrected chi connectivity index (χ1v) is 7.17. The highest BCUT2D eigenvalue weighted by Gasteiger charge is 2.15. The number of para-hydroxylation sites is 2. The minimum atomic E-state index is -0.0245. The molecule has 0 saturated heterocycles. The van der Waals surface area contributed by atoms with Crippen molar-refractivity contribution in [1.29, 1.82) is 0 Å². The zero-order valence-electron chi connectivity index (χ0n) is 11.9. The maximum atomic E-state index is 11.8. The van der Waals surface area contributed by atoms with Crippen LogP contribution in [0.1, 0.15) is 6.42 Å². The second kappa shape index (κ2) is 5.91. The highest BCUT2D eigenvalue weighted by Crippen LogP contribution is 2.30. The number of ether oxygens (including phenoxy) is 1. The van der Waals surface area contributed by atoms with E-state index in [1.807, 2.05) is 18.2 Å². The minimum absolute atomic E-state index is 0.0245. The fourth-order valence-electron chi connectivity index (χ4n) is 2.58. The van der Waals surface area contributed by atoms with Crippen molar-refractivity contribution in [2.75, 3.05) is 30.3 Å². The van der Waals surface area contributed by atoms with Gasteiger partial charge in [0.05, 0.1) is 12.3 Å². The summed E-state index contributed by atoms with van der Waals surface area (Å²) in [5, 5.41) is 0. The monoisotopic (exact) mass is 285 g/mol. The van der Waals surface area contributed by atoms with Gasteiger partial charge in [0.25, 0.3) is 5.56 Å². The standard InChI is InChI=1S/C16H19N3O2/c17-13-6-7-16(20)19(12-13)10-9-18-8-3-11-21-15-5-2-1-4-14(15)18/h1-2,4-7,12H,3,8-11,17H2. The Balaban J connectivity index is 1.79.